The number of hydrogen-bond acceptors (Lipinski definition) is 6. The van der Waals surface area contributed by atoms with Crippen molar-refractivity contribution in [3.63, 3.8) is 0 Å². The zero-order valence-corrected chi connectivity index (χ0v) is 12.0. The fourth-order valence-corrected chi connectivity index (χ4v) is 2.90. The van der Waals surface area contributed by atoms with Gasteiger partial charge in [0.2, 0.25) is 5.95 Å². The first-order valence-electron chi connectivity index (χ1n) is 7.07. The maximum absolute atomic E-state index is 12.3. The summed E-state index contributed by atoms with van der Waals surface area (Å²) in [5.41, 5.74) is 6.99. The monoisotopic (exact) mass is 290 g/mol. The predicted octanol–water partition coefficient (Wildman–Crippen LogP) is 1.11. The number of nitrogens with zero attached hydrogens (tertiary/aromatic N) is 1. The minimum atomic E-state index is -0.374. The van der Waals surface area contributed by atoms with E-state index in [0.717, 1.165) is 12.8 Å². The molecular formula is C14H18N4O3. The Labute approximate surface area is 121 Å². The molecule has 1 saturated carbocycles. The summed E-state index contributed by atoms with van der Waals surface area (Å²) in [6.45, 7) is 3.86. The number of hydrogen-bond donors (Lipinski definition) is 3. The molecule has 0 spiro atoms. The summed E-state index contributed by atoms with van der Waals surface area (Å²) in [5.74, 6) is 0.150. The fraction of sp³-hybridized carbons (Fsp3) is 0.500. The van der Waals surface area contributed by atoms with Crippen LogP contribution in [0.5, 0.6) is 0 Å². The first kappa shape index (κ1) is 13.7. The van der Waals surface area contributed by atoms with Gasteiger partial charge < -0.3 is 15.8 Å². The summed E-state index contributed by atoms with van der Waals surface area (Å²) in [4.78, 5) is 31.2. The van der Waals surface area contributed by atoms with Crippen molar-refractivity contribution in [3.05, 3.63) is 27.2 Å². The van der Waals surface area contributed by atoms with Gasteiger partial charge in [-0.15, -0.1) is 0 Å². The van der Waals surface area contributed by atoms with E-state index in [-0.39, 0.29) is 29.3 Å². The van der Waals surface area contributed by atoms with Gasteiger partial charge in [-0.05, 0) is 32.6 Å². The quantitative estimate of drug-likeness (QED) is 0.719. The predicted molar refractivity (Wildman–Crippen MR) is 77.7 cm³/mol. The maximum Gasteiger partial charge on any atom is 0.336 e. The average Bonchev–Trinajstić information content (AvgIpc) is 3.20. The highest BCUT2D eigenvalue weighted by Crippen LogP contribution is 2.50. The van der Waals surface area contributed by atoms with Gasteiger partial charge in [0.1, 0.15) is 5.82 Å². The average molecular weight is 290 g/mol. The van der Waals surface area contributed by atoms with Gasteiger partial charge in [0.15, 0.2) is 0 Å². The van der Waals surface area contributed by atoms with Crippen LogP contribution in [0, 0.1) is 5.92 Å². The molecule has 3 rings (SSSR count). The van der Waals surface area contributed by atoms with Gasteiger partial charge >= 0.3 is 5.97 Å². The summed E-state index contributed by atoms with van der Waals surface area (Å²) in [7, 11) is 0. The Morgan fingerprint density at radius 1 is 1.48 bits per heavy atom. The minimum absolute atomic E-state index is 0.0631. The SMILES string of the molecule is CCOC(=O)C1=C(C)Nc2nc(N)[nH]c(=O)c2C1C1CC1. The van der Waals surface area contributed by atoms with E-state index in [1.54, 1.807) is 13.8 Å². The standard InChI is InChI=1S/C14H18N4O3/c1-3-21-13(20)8-6(2)16-11-10(9(8)7-4-5-7)12(19)18-14(15)17-11/h7,9H,3-5H2,1-2H3,(H4,15,16,17,18,19). The van der Waals surface area contributed by atoms with Crippen molar-refractivity contribution in [2.24, 2.45) is 5.92 Å². The summed E-state index contributed by atoms with van der Waals surface area (Å²) in [6, 6.07) is 0. The Morgan fingerprint density at radius 2 is 2.19 bits per heavy atom. The van der Waals surface area contributed by atoms with Crippen molar-refractivity contribution in [2.45, 2.75) is 32.6 Å². The number of esters is 1. The van der Waals surface area contributed by atoms with E-state index < -0.39 is 0 Å². The molecule has 0 radical (unpaired) electrons. The van der Waals surface area contributed by atoms with Crippen LogP contribution in [0.15, 0.2) is 16.1 Å². The minimum Gasteiger partial charge on any atom is -0.463 e. The number of anilines is 2. The van der Waals surface area contributed by atoms with Crippen molar-refractivity contribution < 1.29 is 9.53 Å². The Bertz CT molecular complexity index is 688. The van der Waals surface area contributed by atoms with E-state index in [1.165, 1.54) is 0 Å². The third-order valence-corrected chi connectivity index (χ3v) is 3.89. The van der Waals surface area contributed by atoms with Crippen molar-refractivity contribution in [2.75, 3.05) is 17.7 Å². The lowest BCUT2D eigenvalue weighted by Crippen LogP contribution is -2.31. The Hall–Kier alpha value is -2.31. The number of fused-ring (bicyclic) bond motifs is 1. The van der Waals surface area contributed by atoms with E-state index in [0.29, 0.717) is 29.3 Å². The van der Waals surface area contributed by atoms with Gasteiger partial charge in [-0.2, -0.15) is 4.98 Å². The second-order valence-corrected chi connectivity index (χ2v) is 5.41. The Morgan fingerprint density at radius 3 is 2.81 bits per heavy atom. The fourth-order valence-electron chi connectivity index (χ4n) is 2.90. The molecule has 21 heavy (non-hydrogen) atoms. The molecule has 0 amide bonds. The second kappa shape index (κ2) is 4.91. The first-order chi connectivity index (χ1) is 10.0. The van der Waals surface area contributed by atoms with Crippen LogP contribution >= 0.6 is 0 Å². The highest BCUT2D eigenvalue weighted by atomic mass is 16.5. The van der Waals surface area contributed by atoms with E-state index in [9.17, 15) is 9.59 Å². The highest BCUT2D eigenvalue weighted by molar-refractivity contribution is 5.93. The summed E-state index contributed by atoms with van der Waals surface area (Å²) >= 11 is 0. The largest absolute Gasteiger partial charge is 0.463 e. The van der Waals surface area contributed by atoms with Crippen LogP contribution < -0.4 is 16.6 Å². The number of nitrogen functional groups attached to an aromatic ring is 1. The molecule has 1 aromatic heterocycles. The van der Waals surface area contributed by atoms with E-state index in [2.05, 4.69) is 15.3 Å². The van der Waals surface area contributed by atoms with Crippen molar-refractivity contribution >= 4 is 17.7 Å². The molecule has 2 heterocycles. The lowest BCUT2D eigenvalue weighted by atomic mass is 9.84. The van der Waals surface area contributed by atoms with Crippen LogP contribution in [0.1, 0.15) is 38.2 Å². The normalized spacial score (nSPS) is 20.8. The Balaban J connectivity index is 2.14. The summed E-state index contributed by atoms with van der Waals surface area (Å²) in [5, 5.41) is 3.01. The third-order valence-electron chi connectivity index (χ3n) is 3.89. The number of carbonyl (C=O) groups excluding carboxylic acids is 1. The smallest absolute Gasteiger partial charge is 0.336 e. The van der Waals surface area contributed by atoms with Crippen molar-refractivity contribution in [3.8, 4) is 0 Å². The van der Waals surface area contributed by atoms with E-state index in [1.807, 2.05) is 0 Å². The van der Waals surface area contributed by atoms with Crippen LogP contribution in [-0.2, 0) is 9.53 Å². The lowest BCUT2D eigenvalue weighted by Gasteiger charge is -2.28. The second-order valence-electron chi connectivity index (χ2n) is 5.41. The number of aromatic nitrogens is 2. The van der Waals surface area contributed by atoms with Crippen LogP contribution in [0.2, 0.25) is 0 Å². The van der Waals surface area contributed by atoms with Crippen LogP contribution in [0.3, 0.4) is 0 Å². The molecule has 1 unspecified atom stereocenters. The molecule has 0 bridgehead atoms. The molecule has 1 fully saturated rings. The van der Waals surface area contributed by atoms with E-state index >= 15 is 0 Å². The van der Waals surface area contributed by atoms with Gasteiger partial charge in [0, 0.05) is 11.6 Å². The van der Waals surface area contributed by atoms with Gasteiger partial charge in [-0.3, -0.25) is 9.78 Å². The molecule has 1 aliphatic carbocycles. The highest BCUT2D eigenvalue weighted by Gasteiger charge is 2.44. The van der Waals surface area contributed by atoms with E-state index in [4.69, 9.17) is 10.5 Å². The number of nitrogens with two attached hydrogens (primary N) is 1. The molecule has 7 nitrogen and oxygen atoms in total. The molecule has 112 valence electrons. The van der Waals surface area contributed by atoms with Crippen LogP contribution in [-0.4, -0.2) is 22.5 Å². The van der Waals surface area contributed by atoms with Gasteiger partial charge in [-0.1, -0.05) is 0 Å². The number of nitrogens with one attached hydrogen (secondary N) is 2. The Kier molecular flexibility index (Phi) is 3.19. The number of H-pyrrole nitrogens is 1. The van der Waals surface area contributed by atoms with Gasteiger partial charge in [0.05, 0.1) is 17.7 Å². The molecule has 7 heteroatoms. The summed E-state index contributed by atoms with van der Waals surface area (Å²) in [6.07, 6.45) is 1.98. The molecule has 1 aromatic rings. The number of aromatic amines is 1. The lowest BCUT2D eigenvalue weighted by molar-refractivity contribution is -0.139. The van der Waals surface area contributed by atoms with Crippen LogP contribution in [0.4, 0.5) is 11.8 Å². The molecule has 4 N–H and O–H groups in total. The zero-order chi connectivity index (χ0) is 15.1. The third kappa shape index (κ3) is 2.28. The molecule has 1 aliphatic heterocycles. The molecule has 0 saturated heterocycles. The van der Waals surface area contributed by atoms with Gasteiger partial charge in [0.25, 0.3) is 5.56 Å². The number of rotatable bonds is 3. The number of allylic oxidation sites excluding steroid dienone is 1. The van der Waals surface area contributed by atoms with Crippen molar-refractivity contribution in [1.29, 1.82) is 0 Å². The van der Waals surface area contributed by atoms with Crippen LogP contribution in [0.25, 0.3) is 0 Å². The topological polar surface area (TPSA) is 110 Å². The van der Waals surface area contributed by atoms with Gasteiger partial charge in [-0.25, -0.2) is 4.79 Å². The first-order valence-corrected chi connectivity index (χ1v) is 7.07. The molecule has 2 aliphatic rings. The zero-order valence-electron chi connectivity index (χ0n) is 12.0. The van der Waals surface area contributed by atoms with Crippen molar-refractivity contribution in [1.82, 2.24) is 9.97 Å². The number of carbonyl (C=O) groups is 1. The molecule has 0 aromatic carbocycles. The summed E-state index contributed by atoms with van der Waals surface area (Å²) < 4.78 is 5.14. The molecular weight excluding hydrogens is 272 g/mol. The maximum atomic E-state index is 12.3. The number of ether oxygens (including phenoxy) is 1. The molecule has 1 atom stereocenters.